The van der Waals surface area contributed by atoms with Gasteiger partial charge in [-0.15, -0.1) is 0 Å². The van der Waals surface area contributed by atoms with Crippen LogP contribution < -0.4 is 5.32 Å². The second-order valence-electron chi connectivity index (χ2n) is 17.7. The van der Waals surface area contributed by atoms with Gasteiger partial charge in [-0.2, -0.15) is 4.31 Å². The number of Topliss-reactive ketones (excluding diaryl/α,β-unsaturated/α-hetero) is 1. The number of allylic oxidation sites excluding steroid dienone is 5. The minimum Gasteiger partial charge on any atom is -0.458 e. The van der Waals surface area contributed by atoms with Crippen molar-refractivity contribution in [1.29, 1.82) is 0 Å². The van der Waals surface area contributed by atoms with Crippen molar-refractivity contribution < 1.29 is 65.6 Å². The lowest BCUT2D eigenvalue weighted by molar-refractivity contribution is -0.200. The number of phosphoric acid groups is 2. The molecule has 0 radical (unpaired) electrons. The van der Waals surface area contributed by atoms with Crippen molar-refractivity contribution in [3.8, 4) is 0 Å². The van der Waals surface area contributed by atoms with Gasteiger partial charge < -0.3 is 34.1 Å². The molecule has 5 fully saturated rings. The summed E-state index contributed by atoms with van der Waals surface area (Å²) in [5.41, 5.74) is -1.98. The number of carbonyl (C=O) groups is 3. The van der Waals surface area contributed by atoms with E-state index in [9.17, 15) is 33.3 Å². The number of ether oxygens (including phenoxy) is 4. The van der Waals surface area contributed by atoms with E-state index >= 15 is 0 Å². The first-order chi connectivity index (χ1) is 27.5. The summed E-state index contributed by atoms with van der Waals surface area (Å²) in [4.78, 5) is 60.6. The van der Waals surface area contributed by atoms with Crippen molar-refractivity contribution in [2.45, 2.75) is 135 Å². The van der Waals surface area contributed by atoms with Crippen molar-refractivity contribution in [3.05, 3.63) is 36.0 Å². The largest absolute Gasteiger partial charge is 0.481 e. The van der Waals surface area contributed by atoms with Gasteiger partial charge in [-0.05, 0) is 69.1 Å². The number of hydrogen-bond donors (Lipinski definition) is 3. The molecule has 14 unspecified atom stereocenters. The Balaban J connectivity index is 1.04. The summed E-state index contributed by atoms with van der Waals surface area (Å²) in [6, 6.07) is 0. The summed E-state index contributed by atoms with van der Waals surface area (Å²) >= 11 is 0. The minimum absolute atomic E-state index is 0.0389. The second-order valence-corrected chi connectivity index (χ2v) is 20.7. The van der Waals surface area contributed by atoms with Crippen LogP contribution >= 0.6 is 15.6 Å². The molecule has 7 aliphatic rings. The van der Waals surface area contributed by atoms with Crippen LogP contribution in [0.3, 0.4) is 0 Å². The maximum Gasteiger partial charge on any atom is 0.481 e. The highest BCUT2D eigenvalue weighted by atomic mass is 31.3. The van der Waals surface area contributed by atoms with Crippen LogP contribution in [0.1, 0.15) is 105 Å². The molecule has 4 saturated carbocycles. The van der Waals surface area contributed by atoms with E-state index in [2.05, 4.69) is 42.6 Å². The van der Waals surface area contributed by atoms with Gasteiger partial charge in [0.05, 0.1) is 24.9 Å². The summed E-state index contributed by atoms with van der Waals surface area (Å²) in [6.45, 7) is 5.83. The number of nitrogens with one attached hydrogen (secondary N) is 1. The molecule has 1 heterocycles. The Morgan fingerprint density at radius 2 is 1.81 bits per heavy atom. The lowest BCUT2D eigenvalue weighted by Gasteiger charge is -2.60. The molecule has 0 aromatic rings. The van der Waals surface area contributed by atoms with E-state index in [1.165, 1.54) is 18.9 Å². The quantitative estimate of drug-likeness (QED) is 0.0646. The smallest absolute Gasteiger partial charge is 0.458 e. The van der Waals surface area contributed by atoms with Gasteiger partial charge in [-0.1, -0.05) is 82.4 Å². The van der Waals surface area contributed by atoms with Crippen LogP contribution in [0.25, 0.3) is 0 Å². The third kappa shape index (κ3) is 8.56. The number of rotatable bonds is 16. The second kappa shape index (κ2) is 17.4. The SMILES string of the molecule is CCCC1OC2CC3C4CCC5=CCC=CC5(C)C4C(OP(=O)(O)OP(=O)(O)OCCNC(=O)COC4CCCCCC5C=CC54)CC3(C)C2(C(=O)COC(C)=O)O1. The van der Waals surface area contributed by atoms with Crippen molar-refractivity contribution in [1.82, 2.24) is 5.32 Å². The third-order valence-corrected chi connectivity index (χ3v) is 17.0. The topological polar surface area (TPSA) is 202 Å². The monoisotopic (exact) mass is 853 g/mol. The van der Waals surface area contributed by atoms with Crippen molar-refractivity contribution in [2.75, 3.05) is 26.4 Å². The maximum atomic E-state index is 14.3. The summed E-state index contributed by atoms with van der Waals surface area (Å²) in [5, 5.41) is 2.59. The van der Waals surface area contributed by atoms with Crippen molar-refractivity contribution >= 4 is 33.3 Å². The molecule has 1 saturated heterocycles. The highest BCUT2D eigenvalue weighted by molar-refractivity contribution is 7.61. The Morgan fingerprint density at radius 1 is 1.02 bits per heavy atom. The molecule has 58 heavy (non-hydrogen) atoms. The third-order valence-electron chi connectivity index (χ3n) is 14.3. The lowest BCUT2D eigenvalue weighted by Crippen LogP contribution is -2.64. The van der Waals surface area contributed by atoms with E-state index < -0.39 is 81.4 Å². The number of esters is 1. The normalized spacial score (nSPS) is 40.7. The molecule has 14 atom stereocenters. The van der Waals surface area contributed by atoms with Gasteiger partial charge in [0.25, 0.3) is 0 Å². The Labute approximate surface area is 341 Å². The highest BCUT2D eigenvalue weighted by Gasteiger charge is 2.76. The van der Waals surface area contributed by atoms with Gasteiger partial charge >= 0.3 is 21.6 Å². The van der Waals surface area contributed by atoms with Gasteiger partial charge in [0, 0.05) is 36.1 Å². The van der Waals surface area contributed by atoms with Crippen LogP contribution in [0.2, 0.25) is 0 Å². The van der Waals surface area contributed by atoms with Gasteiger partial charge in [-0.3, -0.25) is 23.4 Å². The first kappa shape index (κ1) is 44.0. The summed E-state index contributed by atoms with van der Waals surface area (Å²) in [7, 11) is -10.5. The molecular formula is C41H61NO14P2. The molecule has 7 rings (SSSR count). The first-order valence-electron chi connectivity index (χ1n) is 21.2. The molecule has 6 aliphatic carbocycles. The Hall–Kier alpha value is -2.03. The molecule has 1 amide bonds. The van der Waals surface area contributed by atoms with E-state index in [1.54, 1.807) is 0 Å². The summed E-state index contributed by atoms with van der Waals surface area (Å²) < 4.78 is 67.2. The zero-order valence-electron chi connectivity index (χ0n) is 34.1. The number of amides is 1. The van der Waals surface area contributed by atoms with Crippen LogP contribution in [0.5, 0.6) is 0 Å². The molecule has 15 nitrogen and oxygen atoms in total. The van der Waals surface area contributed by atoms with Crippen LogP contribution in [0.4, 0.5) is 0 Å². The molecule has 324 valence electrons. The first-order valence-corrected chi connectivity index (χ1v) is 24.1. The fourth-order valence-electron chi connectivity index (χ4n) is 11.8. The number of carbonyl (C=O) groups excluding carboxylic acids is 3. The predicted octanol–water partition coefficient (Wildman–Crippen LogP) is 6.63. The van der Waals surface area contributed by atoms with Crippen molar-refractivity contribution in [3.63, 3.8) is 0 Å². The minimum atomic E-state index is -5.34. The maximum absolute atomic E-state index is 14.3. The molecule has 0 aromatic carbocycles. The van der Waals surface area contributed by atoms with E-state index in [0.29, 0.717) is 31.1 Å². The average molecular weight is 854 g/mol. The fourth-order valence-corrected chi connectivity index (χ4v) is 14.0. The van der Waals surface area contributed by atoms with Crippen molar-refractivity contribution in [2.24, 2.45) is 40.4 Å². The average Bonchev–Trinajstić information content (AvgIpc) is 3.62. The zero-order chi connectivity index (χ0) is 41.5. The van der Waals surface area contributed by atoms with Gasteiger partial charge in [-0.25, -0.2) is 9.13 Å². The Morgan fingerprint density at radius 3 is 2.55 bits per heavy atom. The predicted molar refractivity (Wildman–Crippen MR) is 210 cm³/mol. The lowest BCUT2D eigenvalue weighted by atomic mass is 9.46. The molecule has 0 spiro atoms. The van der Waals surface area contributed by atoms with E-state index in [1.807, 2.05) is 13.8 Å². The molecule has 1 aliphatic heterocycles. The Bertz CT molecular complexity index is 1770. The molecule has 17 heteroatoms. The van der Waals surface area contributed by atoms with E-state index in [-0.39, 0.29) is 43.4 Å². The molecule has 0 bridgehead atoms. The standard InChI is InChI=1S/C41H61NO14P2/c1-5-11-37-53-35-22-31-30-18-16-28-13-9-10-19-39(28,3)38(30)33(23-40(31,4)41(35,54-37)34(44)24-50-26(2)43)55-58(48,49)56-57(46,47)52-21-20-42-36(45)25-51-32-14-8-6-7-12-27-15-17-29(27)32/h10,13,15,17,19,27,29-33,35,37-38H,5-9,11-12,14,16,18,20-25H2,1-4H3,(H,42,45)(H,46,47)(H,48,49). The summed E-state index contributed by atoms with van der Waals surface area (Å²) in [6.07, 6.45) is 17.7. The molecule has 0 aromatic heterocycles. The molecular weight excluding hydrogens is 792 g/mol. The van der Waals surface area contributed by atoms with Crippen LogP contribution in [0.15, 0.2) is 36.0 Å². The van der Waals surface area contributed by atoms with Crippen LogP contribution in [0, 0.1) is 40.4 Å². The van der Waals surface area contributed by atoms with E-state index in [4.69, 9.17) is 32.3 Å². The van der Waals surface area contributed by atoms with Gasteiger partial charge in [0.1, 0.15) is 6.61 Å². The van der Waals surface area contributed by atoms with E-state index in [0.717, 1.165) is 44.9 Å². The van der Waals surface area contributed by atoms with Gasteiger partial charge in [0.2, 0.25) is 11.7 Å². The van der Waals surface area contributed by atoms with Crippen LogP contribution in [-0.2, 0) is 55.8 Å². The summed E-state index contributed by atoms with van der Waals surface area (Å²) in [5.74, 6) is -1.37. The number of phosphoric ester groups is 2. The number of fused-ring (bicyclic) bond motifs is 8. The number of hydrogen-bond acceptors (Lipinski definition) is 12. The molecule has 3 N–H and O–H groups in total. The van der Waals surface area contributed by atoms with Crippen LogP contribution in [-0.4, -0.2) is 84.0 Å². The van der Waals surface area contributed by atoms with Gasteiger partial charge in [0.15, 0.2) is 18.5 Å². The fraction of sp³-hybridized carbons (Fsp3) is 0.780. The highest BCUT2D eigenvalue weighted by Crippen LogP contribution is 2.72. The number of ketones is 1. The Kier molecular flexibility index (Phi) is 13.2. The zero-order valence-corrected chi connectivity index (χ0v) is 35.9.